The van der Waals surface area contributed by atoms with E-state index in [9.17, 15) is 29.5 Å². The Bertz CT molecular complexity index is 1200. The minimum Gasteiger partial charge on any atom is -0.507 e. The molecule has 11 heteroatoms. The Morgan fingerprint density at radius 1 is 1.06 bits per heavy atom. The van der Waals surface area contributed by atoms with Crippen molar-refractivity contribution in [3.8, 4) is 5.75 Å². The van der Waals surface area contributed by atoms with Crippen molar-refractivity contribution < 1.29 is 29.5 Å². The van der Waals surface area contributed by atoms with Crippen LogP contribution in [0, 0.1) is 31.6 Å². The van der Waals surface area contributed by atoms with Crippen molar-refractivity contribution in [2.75, 3.05) is 5.45 Å². The second-order valence-corrected chi connectivity index (χ2v) is 11.2. The number of amides is 4. The summed E-state index contributed by atoms with van der Waals surface area (Å²) in [5.74, 6) is -5.98. The van der Waals surface area contributed by atoms with Crippen molar-refractivity contribution in [3.63, 3.8) is 0 Å². The fourth-order valence-electron chi connectivity index (χ4n) is 6.27. The molecule has 2 saturated heterocycles. The van der Waals surface area contributed by atoms with E-state index in [2.05, 4.69) is 15.9 Å². The summed E-state index contributed by atoms with van der Waals surface area (Å²) in [6, 6.07) is 3.39. The van der Waals surface area contributed by atoms with E-state index in [1.807, 2.05) is 0 Å². The summed E-state index contributed by atoms with van der Waals surface area (Å²) in [5, 5.41) is 20.5. The number of fused-ring (bicyclic) bond motifs is 4. The van der Waals surface area contributed by atoms with Crippen molar-refractivity contribution in [2.24, 2.45) is 17.8 Å². The normalized spacial score (nSPS) is 37.1. The van der Waals surface area contributed by atoms with Crippen LogP contribution in [-0.2, 0) is 19.2 Å². The van der Waals surface area contributed by atoms with Crippen LogP contribution in [0.1, 0.15) is 35.4 Å². The Morgan fingerprint density at radius 3 is 2.26 bits per heavy atom. The predicted octanol–water partition coefficient (Wildman–Crippen LogP) is 3.11. The fraction of sp³-hybridized carbons (Fsp3) is 0.478. The molecule has 6 atom stereocenters. The van der Waals surface area contributed by atoms with E-state index < -0.39 is 57.0 Å². The molecule has 0 spiro atoms. The number of carbonyl (C=O) groups is 4. The van der Waals surface area contributed by atoms with Gasteiger partial charge in [-0.05, 0) is 49.3 Å². The molecule has 1 aromatic rings. The summed E-state index contributed by atoms with van der Waals surface area (Å²) in [6.07, 6.45) is 1.82. The number of hydrogen-bond donors (Lipinski definition) is 2. The van der Waals surface area contributed by atoms with Gasteiger partial charge in [-0.3, -0.25) is 29.3 Å². The summed E-state index contributed by atoms with van der Waals surface area (Å²) in [4.78, 5) is 49.6. The molecule has 2 heterocycles. The molecule has 1 saturated carbocycles. The van der Waals surface area contributed by atoms with Gasteiger partial charge in [-0.1, -0.05) is 39.7 Å². The first-order valence-electron chi connectivity index (χ1n) is 10.8. The molecule has 8 nitrogen and oxygen atoms in total. The van der Waals surface area contributed by atoms with Crippen LogP contribution >= 0.6 is 39.1 Å². The van der Waals surface area contributed by atoms with Gasteiger partial charge in [0.2, 0.25) is 0 Å². The highest BCUT2D eigenvalue weighted by molar-refractivity contribution is 9.09. The van der Waals surface area contributed by atoms with Gasteiger partial charge < -0.3 is 5.11 Å². The number of hydroxylamine groups is 2. The lowest BCUT2D eigenvalue weighted by atomic mass is 9.56. The third-order valence-electron chi connectivity index (χ3n) is 7.84. The van der Waals surface area contributed by atoms with Crippen LogP contribution in [0.25, 0.3) is 0 Å². The lowest BCUT2D eigenvalue weighted by molar-refractivity contribution is -0.173. The number of imide groups is 2. The maximum Gasteiger partial charge on any atom is 0.257 e. The molecule has 0 radical (unpaired) electrons. The largest absolute Gasteiger partial charge is 0.507 e. The Kier molecular flexibility index (Phi) is 5.27. The van der Waals surface area contributed by atoms with Crippen molar-refractivity contribution in [1.82, 2.24) is 9.96 Å². The molecule has 2 aliphatic carbocycles. The van der Waals surface area contributed by atoms with Crippen molar-refractivity contribution in [3.05, 3.63) is 40.5 Å². The highest BCUT2D eigenvalue weighted by atomic mass is 79.9. The molecule has 34 heavy (non-hydrogen) atoms. The first-order valence-corrected chi connectivity index (χ1v) is 12.6. The van der Waals surface area contributed by atoms with E-state index in [4.69, 9.17) is 23.2 Å². The van der Waals surface area contributed by atoms with Crippen molar-refractivity contribution in [2.45, 2.75) is 42.4 Å². The number of nitrogens with zero attached hydrogens (tertiary/aromatic N) is 2. The van der Waals surface area contributed by atoms with Gasteiger partial charge >= 0.3 is 0 Å². The first-order chi connectivity index (χ1) is 15.9. The van der Waals surface area contributed by atoms with Gasteiger partial charge in [0.05, 0.1) is 17.3 Å². The standard InChI is InChI=1S/C23H21BrCl2N2O6/c1-9-5-11(6-10(2)17(9)29)16-12-3-4-13-15(19(31)28(34)18(13)30)14(12)7-22(25)20(32)27(8-24)21(33)23(16,22)26/h3,5-6,13-16,29,34H,4,7-8H2,1-2H3. The molecule has 2 aliphatic heterocycles. The summed E-state index contributed by atoms with van der Waals surface area (Å²) < 4.78 is 0. The number of rotatable bonds is 2. The number of alkyl halides is 3. The zero-order chi connectivity index (χ0) is 24.9. The molecule has 3 fully saturated rings. The number of benzene rings is 1. The van der Waals surface area contributed by atoms with Crippen LogP contribution in [0.5, 0.6) is 5.75 Å². The van der Waals surface area contributed by atoms with Crippen LogP contribution in [0.3, 0.4) is 0 Å². The van der Waals surface area contributed by atoms with Crippen LogP contribution in [0.2, 0.25) is 0 Å². The van der Waals surface area contributed by atoms with Crippen LogP contribution in [0.4, 0.5) is 0 Å². The molecule has 180 valence electrons. The molecular weight excluding hydrogens is 551 g/mol. The molecular formula is C23H21BrCl2N2O6. The minimum atomic E-state index is -1.89. The number of likely N-dealkylation sites (tertiary alicyclic amines) is 1. The Balaban J connectivity index is 1.78. The van der Waals surface area contributed by atoms with E-state index in [1.165, 1.54) is 0 Å². The number of carbonyl (C=O) groups excluding carboxylic acids is 4. The number of aryl methyl sites for hydroxylation is 2. The summed E-state index contributed by atoms with van der Waals surface area (Å²) in [6.45, 7) is 3.42. The zero-order valence-electron chi connectivity index (χ0n) is 18.2. The monoisotopic (exact) mass is 570 g/mol. The number of halogens is 3. The van der Waals surface area contributed by atoms with Crippen LogP contribution < -0.4 is 0 Å². The number of phenols is 1. The van der Waals surface area contributed by atoms with Crippen LogP contribution in [-0.4, -0.2) is 59.1 Å². The van der Waals surface area contributed by atoms with Crippen molar-refractivity contribution >= 4 is 62.8 Å². The molecule has 4 aliphatic rings. The third-order valence-corrected chi connectivity index (χ3v) is 9.75. The zero-order valence-corrected chi connectivity index (χ0v) is 21.3. The minimum absolute atomic E-state index is 0.0953. The van der Waals surface area contributed by atoms with Crippen LogP contribution in [0.15, 0.2) is 23.8 Å². The molecule has 0 bridgehead atoms. The van der Waals surface area contributed by atoms with Gasteiger partial charge in [0.15, 0.2) is 9.75 Å². The molecule has 6 unspecified atom stereocenters. The van der Waals surface area contributed by atoms with Crippen molar-refractivity contribution in [1.29, 1.82) is 0 Å². The predicted molar refractivity (Wildman–Crippen MR) is 125 cm³/mol. The Hall–Kier alpha value is -1.94. The topological polar surface area (TPSA) is 115 Å². The Labute approximate surface area is 213 Å². The fourth-order valence-corrected chi connectivity index (χ4v) is 7.69. The molecule has 0 aromatic heterocycles. The van der Waals surface area contributed by atoms with E-state index >= 15 is 0 Å². The lowest BCUT2D eigenvalue weighted by Crippen LogP contribution is -2.60. The highest BCUT2D eigenvalue weighted by Crippen LogP contribution is 2.65. The summed E-state index contributed by atoms with van der Waals surface area (Å²) >= 11 is 17.3. The SMILES string of the molecule is Cc1cc(C2C3=CCC4C(=O)N(O)C(=O)C4C3CC3(Cl)C(=O)N(CBr)C(=O)C23Cl)cc(C)c1O. The quantitative estimate of drug-likeness (QED) is 0.185. The number of aromatic hydroxyl groups is 1. The molecule has 2 N–H and O–H groups in total. The van der Waals surface area contributed by atoms with Gasteiger partial charge in [0, 0.05) is 5.92 Å². The van der Waals surface area contributed by atoms with E-state index in [0.29, 0.717) is 22.3 Å². The molecule has 4 amide bonds. The highest BCUT2D eigenvalue weighted by Gasteiger charge is 2.76. The lowest BCUT2D eigenvalue weighted by Gasteiger charge is -2.50. The van der Waals surface area contributed by atoms with E-state index in [1.54, 1.807) is 32.1 Å². The Morgan fingerprint density at radius 2 is 1.68 bits per heavy atom. The number of allylic oxidation sites excluding steroid dienone is 2. The number of phenolic OH excluding ortho intramolecular Hbond substituents is 1. The third kappa shape index (κ3) is 2.69. The molecule has 1 aromatic carbocycles. The van der Waals surface area contributed by atoms with E-state index in [0.717, 1.165) is 4.90 Å². The number of hydrogen-bond acceptors (Lipinski definition) is 6. The second kappa shape index (κ2) is 7.53. The summed E-state index contributed by atoms with van der Waals surface area (Å²) in [7, 11) is 0. The maximum atomic E-state index is 13.6. The average molecular weight is 572 g/mol. The molecule has 5 rings (SSSR count). The van der Waals surface area contributed by atoms with Gasteiger partial charge in [-0.15, -0.1) is 23.2 Å². The van der Waals surface area contributed by atoms with Gasteiger partial charge in [0.25, 0.3) is 23.6 Å². The average Bonchev–Trinajstić information content (AvgIpc) is 3.10. The van der Waals surface area contributed by atoms with Gasteiger partial charge in [0.1, 0.15) is 5.75 Å². The van der Waals surface area contributed by atoms with E-state index in [-0.39, 0.29) is 29.1 Å². The second-order valence-electron chi connectivity index (χ2n) is 9.48. The van der Waals surface area contributed by atoms with Gasteiger partial charge in [-0.25, -0.2) is 0 Å². The smallest absolute Gasteiger partial charge is 0.257 e. The van der Waals surface area contributed by atoms with Gasteiger partial charge in [-0.2, -0.15) is 5.06 Å². The maximum absolute atomic E-state index is 13.6. The summed E-state index contributed by atoms with van der Waals surface area (Å²) in [5.41, 5.74) is 2.19. The first kappa shape index (κ1) is 23.8.